The Kier molecular flexibility index (Phi) is 3.19. The zero-order valence-electron chi connectivity index (χ0n) is 9.17. The molecule has 1 aromatic rings. The monoisotopic (exact) mass is 213 g/mol. The van der Waals surface area contributed by atoms with E-state index in [0.29, 0.717) is 12.0 Å². The lowest BCUT2D eigenvalue weighted by molar-refractivity contribution is 0.378. The third kappa shape index (κ3) is 3.09. The van der Waals surface area contributed by atoms with Crippen LogP contribution in [-0.4, -0.2) is 17.8 Å². The average Bonchev–Trinajstić information content (AvgIpc) is 2.07. The second-order valence-corrected chi connectivity index (χ2v) is 4.28. The molecule has 0 saturated carbocycles. The highest BCUT2D eigenvalue weighted by Gasteiger charge is 2.17. The summed E-state index contributed by atoms with van der Waals surface area (Å²) in [5, 5.41) is 9.52. The van der Waals surface area contributed by atoms with Gasteiger partial charge < -0.3 is 15.6 Å². The number of halogens is 1. The number of rotatable bonds is 3. The number of hydrogen-bond donors (Lipinski definition) is 2. The molecule has 0 aliphatic heterocycles. The Bertz CT molecular complexity index is 358. The summed E-state index contributed by atoms with van der Waals surface area (Å²) in [4.78, 5) is 0. The molecule has 0 aromatic heterocycles. The summed E-state index contributed by atoms with van der Waals surface area (Å²) in [7, 11) is 1.38. The molecule has 3 nitrogen and oxygen atoms in total. The van der Waals surface area contributed by atoms with E-state index >= 15 is 0 Å². The highest BCUT2D eigenvalue weighted by atomic mass is 19.1. The van der Waals surface area contributed by atoms with Crippen LogP contribution in [0.3, 0.4) is 0 Å². The molecule has 0 amide bonds. The van der Waals surface area contributed by atoms with Gasteiger partial charge in [-0.3, -0.25) is 0 Å². The molecule has 0 saturated heterocycles. The van der Waals surface area contributed by atoms with Gasteiger partial charge in [-0.2, -0.15) is 0 Å². The Balaban J connectivity index is 3.08. The predicted octanol–water partition coefficient (Wildman–Crippen LogP) is 1.82. The first-order chi connectivity index (χ1) is 6.83. The molecule has 0 atom stereocenters. The lowest BCUT2D eigenvalue weighted by Crippen LogP contribution is -2.34. The fourth-order valence-electron chi connectivity index (χ4n) is 1.37. The summed E-state index contributed by atoms with van der Waals surface area (Å²) in [5.74, 6) is -0.549. The number of benzene rings is 1. The summed E-state index contributed by atoms with van der Waals surface area (Å²) in [6.45, 7) is 3.67. The van der Waals surface area contributed by atoms with E-state index in [9.17, 15) is 9.50 Å². The molecule has 0 aliphatic carbocycles. The molecule has 0 radical (unpaired) electrons. The van der Waals surface area contributed by atoms with Gasteiger partial charge in [0.1, 0.15) is 5.75 Å². The molecule has 3 N–H and O–H groups in total. The van der Waals surface area contributed by atoms with Crippen molar-refractivity contribution in [1.82, 2.24) is 0 Å². The Morgan fingerprint density at radius 1 is 1.47 bits per heavy atom. The normalized spacial score (nSPS) is 11.5. The van der Waals surface area contributed by atoms with Gasteiger partial charge in [0, 0.05) is 11.6 Å². The molecule has 0 aliphatic rings. The van der Waals surface area contributed by atoms with Crippen molar-refractivity contribution in [2.45, 2.75) is 25.8 Å². The van der Waals surface area contributed by atoms with Crippen molar-refractivity contribution in [3.05, 3.63) is 23.5 Å². The average molecular weight is 213 g/mol. The van der Waals surface area contributed by atoms with E-state index in [1.165, 1.54) is 13.2 Å². The van der Waals surface area contributed by atoms with E-state index in [1.807, 2.05) is 13.8 Å². The third-order valence-corrected chi connectivity index (χ3v) is 2.00. The number of hydrogen-bond acceptors (Lipinski definition) is 3. The van der Waals surface area contributed by atoms with Crippen LogP contribution in [0, 0.1) is 5.82 Å². The highest BCUT2D eigenvalue weighted by Crippen LogP contribution is 2.28. The Labute approximate surface area is 88.7 Å². The van der Waals surface area contributed by atoms with Crippen molar-refractivity contribution in [2.24, 2.45) is 5.73 Å². The molecule has 84 valence electrons. The maximum absolute atomic E-state index is 13.1. The number of phenolic OH excluding ortho intramolecular Hbond substituents is 1. The van der Waals surface area contributed by atoms with Gasteiger partial charge in [0.15, 0.2) is 11.6 Å². The Hall–Kier alpha value is -1.29. The predicted molar refractivity (Wildman–Crippen MR) is 56.6 cm³/mol. The van der Waals surface area contributed by atoms with Crippen LogP contribution in [0.4, 0.5) is 4.39 Å². The van der Waals surface area contributed by atoms with Crippen LogP contribution in [0.1, 0.15) is 19.4 Å². The van der Waals surface area contributed by atoms with Crippen molar-refractivity contribution >= 4 is 0 Å². The first-order valence-electron chi connectivity index (χ1n) is 4.68. The molecule has 0 bridgehead atoms. The van der Waals surface area contributed by atoms with Crippen LogP contribution in [0.25, 0.3) is 0 Å². The van der Waals surface area contributed by atoms with Crippen LogP contribution in [0.15, 0.2) is 12.1 Å². The van der Waals surface area contributed by atoms with Crippen molar-refractivity contribution in [3.8, 4) is 11.5 Å². The van der Waals surface area contributed by atoms with Crippen LogP contribution < -0.4 is 10.5 Å². The number of methoxy groups -OCH3 is 1. The minimum Gasteiger partial charge on any atom is -0.508 e. The van der Waals surface area contributed by atoms with E-state index in [1.54, 1.807) is 0 Å². The van der Waals surface area contributed by atoms with Gasteiger partial charge in [-0.25, -0.2) is 4.39 Å². The standard InChI is InChI=1S/C11H16FNO2/c1-11(2,13)6-7-4-10(15-3)8(12)5-9(7)14/h4-5,14H,6,13H2,1-3H3. The summed E-state index contributed by atoms with van der Waals surface area (Å²) in [6, 6.07) is 2.51. The number of phenols is 1. The van der Waals surface area contributed by atoms with Crippen LogP contribution in [0.2, 0.25) is 0 Å². The number of ether oxygens (including phenoxy) is 1. The third-order valence-electron chi connectivity index (χ3n) is 2.00. The molecule has 0 unspecified atom stereocenters. The second-order valence-electron chi connectivity index (χ2n) is 4.28. The molecule has 1 rings (SSSR count). The van der Waals surface area contributed by atoms with Crippen molar-refractivity contribution in [1.29, 1.82) is 0 Å². The molecule has 0 fully saturated rings. The smallest absolute Gasteiger partial charge is 0.168 e. The van der Waals surface area contributed by atoms with Crippen molar-refractivity contribution < 1.29 is 14.2 Å². The zero-order chi connectivity index (χ0) is 11.6. The lowest BCUT2D eigenvalue weighted by Gasteiger charge is -2.19. The van der Waals surface area contributed by atoms with E-state index in [-0.39, 0.29) is 11.5 Å². The maximum atomic E-state index is 13.1. The van der Waals surface area contributed by atoms with Crippen LogP contribution in [-0.2, 0) is 6.42 Å². The molecule has 4 heteroatoms. The van der Waals surface area contributed by atoms with E-state index in [0.717, 1.165) is 6.07 Å². The maximum Gasteiger partial charge on any atom is 0.168 e. The number of aromatic hydroxyl groups is 1. The summed E-state index contributed by atoms with van der Waals surface area (Å²) in [5.41, 5.74) is 5.95. The zero-order valence-corrected chi connectivity index (χ0v) is 9.17. The highest BCUT2D eigenvalue weighted by molar-refractivity contribution is 5.41. The first-order valence-corrected chi connectivity index (χ1v) is 4.68. The quantitative estimate of drug-likeness (QED) is 0.805. The van der Waals surface area contributed by atoms with Gasteiger partial charge in [0.2, 0.25) is 0 Å². The molecular weight excluding hydrogens is 197 g/mol. The van der Waals surface area contributed by atoms with Crippen molar-refractivity contribution in [3.63, 3.8) is 0 Å². The van der Waals surface area contributed by atoms with Gasteiger partial charge in [0.05, 0.1) is 7.11 Å². The fraction of sp³-hybridized carbons (Fsp3) is 0.455. The van der Waals surface area contributed by atoms with E-state index < -0.39 is 11.4 Å². The summed E-state index contributed by atoms with van der Waals surface area (Å²) in [6.07, 6.45) is 0.454. The first kappa shape index (κ1) is 11.8. The second kappa shape index (κ2) is 4.06. The van der Waals surface area contributed by atoms with Crippen molar-refractivity contribution in [2.75, 3.05) is 7.11 Å². The molecule has 0 heterocycles. The van der Waals surface area contributed by atoms with Crippen LogP contribution in [0.5, 0.6) is 11.5 Å². The van der Waals surface area contributed by atoms with Gasteiger partial charge in [-0.15, -0.1) is 0 Å². The summed E-state index contributed by atoms with van der Waals surface area (Å²) < 4.78 is 18.0. The minimum atomic E-state index is -0.575. The topological polar surface area (TPSA) is 55.5 Å². The van der Waals surface area contributed by atoms with E-state index in [4.69, 9.17) is 10.5 Å². The van der Waals surface area contributed by atoms with Gasteiger partial charge in [-0.1, -0.05) is 0 Å². The molecule has 1 aromatic carbocycles. The largest absolute Gasteiger partial charge is 0.508 e. The minimum absolute atomic E-state index is 0.0909. The molecular formula is C11H16FNO2. The van der Waals surface area contributed by atoms with Gasteiger partial charge in [0.25, 0.3) is 0 Å². The van der Waals surface area contributed by atoms with Gasteiger partial charge in [-0.05, 0) is 31.9 Å². The summed E-state index contributed by atoms with van der Waals surface area (Å²) >= 11 is 0. The fourth-order valence-corrected chi connectivity index (χ4v) is 1.37. The van der Waals surface area contributed by atoms with Gasteiger partial charge >= 0.3 is 0 Å². The molecule has 0 spiro atoms. The van der Waals surface area contributed by atoms with Crippen LogP contribution >= 0.6 is 0 Å². The number of nitrogens with two attached hydrogens (primary N) is 1. The molecule has 15 heavy (non-hydrogen) atoms. The SMILES string of the molecule is COc1cc(CC(C)(C)N)c(O)cc1F. The Morgan fingerprint density at radius 2 is 2.07 bits per heavy atom. The van der Waals surface area contributed by atoms with E-state index in [2.05, 4.69) is 0 Å². The Morgan fingerprint density at radius 3 is 2.53 bits per heavy atom. The lowest BCUT2D eigenvalue weighted by atomic mass is 9.95.